The number of hydrogen-bond donors (Lipinski definition) is 1. The molecule has 0 radical (unpaired) electrons. The summed E-state index contributed by atoms with van der Waals surface area (Å²) in [6.45, 7) is 3.24. The van der Waals surface area contributed by atoms with E-state index in [2.05, 4.69) is 21.2 Å². The van der Waals surface area contributed by atoms with E-state index in [0.717, 1.165) is 15.6 Å². The second kappa shape index (κ2) is 9.14. The Morgan fingerprint density at radius 3 is 2.33 bits per heavy atom. The van der Waals surface area contributed by atoms with Crippen LogP contribution in [-0.2, 0) is 24.2 Å². The molecule has 0 aliphatic carbocycles. The second-order valence-corrected chi connectivity index (χ2v) is 9.06. The Hall–Kier alpha value is -2.19. The molecular weight excluding hydrogens is 434 g/mol. The molecule has 0 unspecified atom stereocenters. The van der Waals surface area contributed by atoms with E-state index in [1.54, 1.807) is 36.4 Å². The van der Waals surface area contributed by atoms with Gasteiger partial charge in [-0.3, -0.25) is 9.59 Å². The van der Waals surface area contributed by atoms with Gasteiger partial charge in [-0.15, -0.1) is 0 Å². The Morgan fingerprint density at radius 1 is 1.04 bits per heavy atom. The molecule has 0 heterocycles. The lowest BCUT2D eigenvalue weighted by Gasteiger charge is -2.08. The molecule has 8 heteroatoms. The Labute approximate surface area is 167 Å². The summed E-state index contributed by atoms with van der Waals surface area (Å²) in [4.78, 5) is 23.7. The molecule has 2 aromatic carbocycles. The summed E-state index contributed by atoms with van der Waals surface area (Å²) >= 11 is 3.29. The van der Waals surface area contributed by atoms with E-state index in [9.17, 15) is 18.0 Å². The maximum atomic E-state index is 12.3. The van der Waals surface area contributed by atoms with E-state index in [0.29, 0.717) is 5.69 Å². The van der Waals surface area contributed by atoms with Crippen molar-refractivity contribution in [3.8, 4) is 0 Å². The number of sulfone groups is 1. The zero-order chi connectivity index (χ0) is 20.0. The Kier molecular flexibility index (Phi) is 7.15. The number of carbonyl (C=O) groups is 2. The molecule has 0 aliphatic rings. The number of aryl methyl sites for hydroxylation is 2. The van der Waals surface area contributed by atoms with Crippen LogP contribution in [0.4, 0.5) is 5.69 Å². The predicted molar refractivity (Wildman–Crippen MR) is 106 cm³/mol. The number of nitrogens with one attached hydrogen (secondary N) is 1. The average Bonchev–Trinajstić information content (AvgIpc) is 2.62. The standard InChI is InChI=1S/C19H20BrNO5S/c1-13-3-8-17(11-14(13)2)27(24,25)10-9-19(23)26-12-18(22)21-16-6-4-15(20)5-7-16/h3-8,11H,9-10,12H2,1-2H3,(H,21,22). The summed E-state index contributed by atoms with van der Waals surface area (Å²) in [5.41, 5.74) is 2.42. The fourth-order valence-electron chi connectivity index (χ4n) is 2.19. The maximum Gasteiger partial charge on any atom is 0.307 e. The summed E-state index contributed by atoms with van der Waals surface area (Å²) in [6, 6.07) is 11.8. The van der Waals surface area contributed by atoms with Crippen LogP contribution in [0.15, 0.2) is 51.8 Å². The number of rotatable bonds is 7. The summed E-state index contributed by atoms with van der Waals surface area (Å²) in [5, 5.41) is 2.58. The molecule has 0 aromatic heterocycles. The number of carbonyl (C=O) groups excluding carboxylic acids is 2. The molecular formula is C19H20BrNO5S. The first-order valence-corrected chi connectivity index (χ1v) is 10.6. The van der Waals surface area contributed by atoms with E-state index in [4.69, 9.17) is 4.74 Å². The number of ether oxygens (including phenoxy) is 1. The quantitative estimate of drug-likeness (QED) is 0.648. The van der Waals surface area contributed by atoms with Crippen LogP contribution in [-0.4, -0.2) is 32.7 Å². The minimum atomic E-state index is -3.59. The topological polar surface area (TPSA) is 89.5 Å². The van der Waals surface area contributed by atoms with Gasteiger partial charge in [0.05, 0.1) is 17.1 Å². The van der Waals surface area contributed by atoms with Gasteiger partial charge < -0.3 is 10.1 Å². The van der Waals surface area contributed by atoms with Gasteiger partial charge in [-0.25, -0.2) is 8.42 Å². The average molecular weight is 454 g/mol. The van der Waals surface area contributed by atoms with Crippen LogP contribution in [0.1, 0.15) is 17.5 Å². The van der Waals surface area contributed by atoms with E-state index < -0.39 is 28.3 Å². The molecule has 1 N–H and O–H groups in total. The monoisotopic (exact) mass is 453 g/mol. The third kappa shape index (κ3) is 6.48. The fourth-order valence-corrected chi connectivity index (χ4v) is 3.76. The van der Waals surface area contributed by atoms with Crippen LogP contribution in [0, 0.1) is 13.8 Å². The number of amides is 1. The molecule has 0 aliphatic heterocycles. The highest BCUT2D eigenvalue weighted by atomic mass is 79.9. The molecule has 0 saturated carbocycles. The molecule has 1 amide bonds. The molecule has 0 bridgehead atoms. The normalized spacial score (nSPS) is 11.1. The summed E-state index contributed by atoms with van der Waals surface area (Å²) in [7, 11) is -3.59. The Balaban J connectivity index is 1.82. The minimum Gasteiger partial charge on any atom is -0.456 e. The number of anilines is 1. The number of hydrogen-bond acceptors (Lipinski definition) is 5. The number of halogens is 1. The van der Waals surface area contributed by atoms with E-state index in [-0.39, 0.29) is 17.1 Å². The number of esters is 1. The van der Waals surface area contributed by atoms with Gasteiger partial charge in [-0.2, -0.15) is 0 Å². The van der Waals surface area contributed by atoms with E-state index >= 15 is 0 Å². The van der Waals surface area contributed by atoms with Crippen molar-refractivity contribution in [1.82, 2.24) is 0 Å². The molecule has 0 fully saturated rings. The first kappa shape index (κ1) is 21.1. The van der Waals surface area contributed by atoms with Crippen LogP contribution < -0.4 is 5.32 Å². The van der Waals surface area contributed by atoms with Crippen LogP contribution in [0.25, 0.3) is 0 Å². The lowest BCUT2D eigenvalue weighted by atomic mass is 10.1. The summed E-state index contributed by atoms with van der Waals surface area (Å²) < 4.78 is 30.4. The summed E-state index contributed by atoms with van der Waals surface area (Å²) in [6.07, 6.45) is -0.319. The van der Waals surface area contributed by atoms with Gasteiger partial charge in [0.2, 0.25) is 0 Å². The van der Waals surface area contributed by atoms with Crippen molar-refractivity contribution in [1.29, 1.82) is 0 Å². The Morgan fingerprint density at radius 2 is 1.70 bits per heavy atom. The van der Waals surface area contributed by atoms with Crippen molar-refractivity contribution in [3.05, 3.63) is 58.1 Å². The van der Waals surface area contributed by atoms with Gasteiger partial charge in [0.15, 0.2) is 16.4 Å². The Bertz CT molecular complexity index is 939. The fraction of sp³-hybridized carbons (Fsp3) is 0.263. The number of benzene rings is 2. The van der Waals surface area contributed by atoms with Crippen molar-refractivity contribution in [2.45, 2.75) is 25.2 Å². The zero-order valence-electron chi connectivity index (χ0n) is 15.0. The first-order chi connectivity index (χ1) is 12.7. The van der Waals surface area contributed by atoms with Gasteiger partial charge in [0.1, 0.15) is 0 Å². The van der Waals surface area contributed by atoms with Crippen LogP contribution >= 0.6 is 15.9 Å². The van der Waals surface area contributed by atoms with Gasteiger partial charge in [0.25, 0.3) is 5.91 Å². The van der Waals surface area contributed by atoms with Crippen LogP contribution in [0.3, 0.4) is 0 Å². The molecule has 0 saturated heterocycles. The van der Waals surface area contributed by atoms with Gasteiger partial charge in [-0.05, 0) is 61.4 Å². The SMILES string of the molecule is Cc1ccc(S(=O)(=O)CCC(=O)OCC(=O)Nc2ccc(Br)cc2)cc1C. The van der Waals surface area contributed by atoms with Crippen molar-refractivity contribution in [3.63, 3.8) is 0 Å². The molecule has 2 aromatic rings. The molecule has 144 valence electrons. The lowest BCUT2D eigenvalue weighted by molar-refractivity contribution is -0.146. The van der Waals surface area contributed by atoms with Gasteiger partial charge in [0, 0.05) is 10.2 Å². The van der Waals surface area contributed by atoms with Crippen molar-refractivity contribution >= 4 is 43.3 Å². The molecule has 27 heavy (non-hydrogen) atoms. The minimum absolute atomic E-state index is 0.173. The predicted octanol–water partition coefficient (Wildman–Crippen LogP) is 3.41. The van der Waals surface area contributed by atoms with Gasteiger partial charge in [-0.1, -0.05) is 22.0 Å². The highest BCUT2D eigenvalue weighted by Gasteiger charge is 2.18. The lowest BCUT2D eigenvalue weighted by Crippen LogP contribution is -2.22. The van der Waals surface area contributed by atoms with Crippen LogP contribution in [0.2, 0.25) is 0 Å². The van der Waals surface area contributed by atoms with Crippen LogP contribution in [0.5, 0.6) is 0 Å². The summed E-state index contributed by atoms with van der Waals surface area (Å²) in [5.74, 6) is -1.61. The van der Waals surface area contributed by atoms with E-state index in [1.165, 1.54) is 6.07 Å². The first-order valence-electron chi connectivity index (χ1n) is 8.18. The molecule has 2 rings (SSSR count). The van der Waals surface area contributed by atoms with Crippen molar-refractivity contribution in [2.24, 2.45) is 0 Å². The third-order valence-corrected chi connectivity index (χ3v) is 6.15. The third-order valence-electron chi connectivity index (χ3n) is 3.90. The van der Waals surface area contributed by atoms with Crippen molar-refractivity contribution < 1.29 is 22.7 Å². The molecule has 6 nitrogen and oxygen atoms in total. The maximum absolute atomic E-state index is 12.3. The zero-order valence-corrected chi connectivity index (χ0v) is 17.4. The molecule has 0 atom stereocenters. The largest absolute Gasteiger partial charge is 0.456 e. The smallest absolute Gasteiger partial charge is 0.307 e. The highest BCUT2D eigenvalue weighted by molar-refractivity contribution is 9.10. The molecule has 0 spiro atoms. The highest BCUT2D eigenvalue weighted by Crippen LogP contribution is 2.17. The van der Waals surface area contributed by atoms with Gasteiger partial charge >= 0.3 is 5.97 Å². The van der Waals surface area contributed by atoms with Crippen molar-refractivity contribution in [2.75, 3.05) is 17.7 Å². The van der Waals surface area contributed by atoms with E-state index in [1.807, 2.05) is 13.8 Å². The second-order valence-electron chi connectivity index (χ2n) is 6.03.